The Labute approximate surface area is 102 Å². The molecule has 17 heavy (non-hydrogen) atoms. The minimum absolute atomic E-state index is 0.122. The number of rotatable bonds is 5. The van der Waals surface area contributed by atoms with Crippen LogP contribution in [0.25, 0.3) is 0 Å². The molecule has 0 radical (unpaired) electrons. The van der Waals surface area contributed by atoms with Crippen LogP contribution in [0.5, 0.6) is 0 Å². The molecule has 0 fully saturated rings. The Kier molecular flexibility index (Phi) is 5.95. The lowest BCUT2D eigenvalue weighted by Gasteiger charge is -2.32. The predicted molar refractivity (Wildman–Crippen MR) is 63.7 cm³/mol. The molecule has 0 spiro atoms. The second kappa shape index (κ2) is 6.44. The van der Waals surface area contributed by atoms with Gasteiger partial charge in [0.2, 0.25) is 0 Å². The Morgan fingerprint density at radius 3 is 2.24 bits per heavy atom. The fourth-order valence-electron chi connectivity index (χ4n) is 1.26. The summed E-state index contributed by atoms with van der Waals surface area (Å²) in [5.41, 5.74) is -0.339. The SMILES string of the molecule is CN(CCO)C(=O)NC(CC(=O)O)C(C)(C)C. The summed E-state index contributed by atoms with van der Waals surface area (Å²) in [6.07, 6.45) is -0.123. The van der Waals surface area contributed by atoms with Gasteiger partial charge in [-0.2, -0.15) is 0 Å². The number of hydrogen-bond donors (Lipinski definition) is 3. The molecule has 0 bridgehead atoms. The Morgan fingerprint density at radius 1 is 1.35 bits per heavy atom. The van der Waals surface area contributed by atoms with Gasteiger partial charge in [-0.15, -0.1) is 0 Å². The largest absolute Gasteiger partial charge is 0.481 e. The minimum Gasteiger partial charge on any atom is -0.481 e. The first-order valence-corrected chi connectivity index (χ1v) is 5.52. The molecule has 0 saturated carbocycles. The molecule has 0 saturated heterocycles. The van der Waals surface area contributed by atoms with Gasteiger partial charge in [0.25, 0.3) is 0 Å². The van der Waals surface area contributed by atoms with Crippen molar-refractivity contribution in [2.45, 2.75) is 33.2 Å². The molecular weight excluding hydrogens is 224 g/mol. The molecule has 0 aromatic rings. The summed E-state index contributed by atoms with van der Waals surface area (Å²) in [7, 11) is 1.55. The van der Waals surface area contributed by atoms with Gasteiger partial charge in [0.05, 0.1) is 13.0 Å². The number of carboxylic acids is 1. The highest BCUT2D eigenvalue weighted by Crippen LogP contribution is 2.22. The van der Waals surface area contributed by atoms with E-state index in [1.807, 2.05) is 20.8 Å². The van der Waals surface area contributed by atoms with E-state index in [-0.39, 0.29) is 31.0 Å². The molecule has 0 aromatic carbocycles. The lowest BCUT2D eigenvalue weighted by atomic mass is 9.85. The van der Waals surface area contributed by atoms with Crippen molar-refractivity contribution in [1.82, 2.24) is 10.2 Å². The number of carbonyl (C=O) groups excluding carboxylic acids is 1. The zero-order chi connectivity index (χ0) is 13.6. The van der Waals surface area contributed by atoms with Gasteiger partial charge in [0.1, 0.15) is 0 Å². The van der Waals surface area contributed by atoms with Crippen LogP contribution in [0.1, 0.15) is 27.2 Å². The highest BCUT2D eigenvalue weighted by atomic mass is 16.4. The third kappa shape index (κ3) is 6.11. The molecule has 1 atom stereocenters. The molecular formula is C11H22N2O4. The molecule has 0 aliphatic carbocycles. The van der Waals surface area contributed by atoms with Crippen molar-refractivity contribution < 1.29 is 19.8 Å². The van der Waals surface area contributed by atoms with Gasteiger partial charge in [0.15, 0.2) is 0 Å². The molecule has 0 aliphatic heterocycles. The van der Waals surface area contributed by atoms with Crippen molar-refractivity contribution in [3.63, 3.8) is 0 Å². The monoisotopic (exact) mass is 246 g/mol. The zero-order valence-corrected chi connectivity index (χ0v) is 10.9. The number of likely N-dealkylation sites (N-methyl/N-ethyl adjacent to an activating group) is 1. The van der Waals surface area contributed by atoms with Crippen LogP contribution in [-0.2, 0) is 4.79 Å². The number of aliphatic carboxylic acids is 1. The Hall–Kier alpha value is -1.30. The maximum atomic E-state index is 11.7. The summed E-state index contributed by atoms with van der Waals surface area (Å²) < 4.78 is 0. The number of amides is 2. The van der Waals surface area contributed by atoms with E-state index in [0.717, 1.165) is 0 Å². The summed E-state index contributed by atoms with van der Waals surface area (Å²) >= 11 is 0. The molecule has 0 aliphatic rings. The summed E-state index contributed by atoms with van der Waals surface area (Å²) in [6.45, 7) is 5.70. The van der Waals surface area contributed by atoms with Gasteiger partial charge in [-0.25, -0.2) is 4.79 Å². The Morgan fingerprint density at radius 2 is 1.88 bits per heavy atom. The van der Waals surface area contributed by atoms with Crippen LogP contribution in [0, 0.1) is 5.41 Å². The topological polar surface area (TPSA) is 89.9 Å². The van der Waals surface area contributed by atoms with Crippen molar-refractivity contribution in [3.8, 4) is 0 Å². The standard InChI is InChI=1S/C11H22N2O4/c1-11(2,3)8(7-9(15)16)12-10(17)13(4)5-6-14/h8,14H,5-7H2,1-4H3,(H,12,17)(H,15,16). The maximum Gasteiger partial charge on any atom is 0.317 e. The Balaban J connectivity index is 4.54. The molecule has 3 N–H and O–H groups in total. The van der Waals surface area contributed by atoms with Gasteiger partial charge in [-0.3, -0.25) is 4.79 Å². The number of hydrogen-bond acceptors (Lipinski definition) is 3. The highest BCUT2D eigenvalue weighted by Gasteiger charge is 2.29. The second-order valence-corrected chi connectivity index (χ2v) is 5.11. The number of aliphatic hydroxyl groups is 1. The summed E-state index contributed by atoms with van der Waals surface area (Å²) in [4.78, 5) is 23.7. The van der Waals surface area contributed by atoms with Gasteiger partial charge >= 0.3 is 12.0 Å². The summed E-state index contributed by atoms with van der Waals surface area (Å²) in [6, 6.07) is -0.825. The van der Waals surface area contributed by atoms with Gasteiger partial charge < -0.3 is 20.4 Å². The molecule has 6 nitrogen and oxygen atoms in total. The molecule has 0 rings (SSSR count). The summed E-state index contributed by atoms with van der Waals surface area (Å²) in [5, 5.41) is 20.2. The normalized spacial score (nSPS) is 13.0. The molecule has 6 heteroatoms. The minimum atomic E-state index is -0.949. The lowest BCUT2D eigenvalue weighted by molar-refractivity contribution is -0.138. The van der Waals surface area contributed by atoms with Crippen molar-refractivity contribution >= 4 is 12.0 Å². The number of carbonyl (C=O) groups is 2. The third-order valence-corrected chi connectivity index (χ3v) is 2.50. The summed E-state index contributed by atoms with van der Waals surface area (Å²) in [5.74, 6) is -0.949. The average molecular weight is 246 g/mol. The predicted octanol–water partition coefficient (Wildman–Crippen LogP) is 0.509. The van der Waals surface area contributed by atoms with E-state index in [4.69, 9.17) is 10.2 Å². The highest BCUT2D eigenvalue weighted by molar-refractivity contribution is 5.75. The van der Waals surface area contributed by atoms with Crippen LogP contribution < -0.4 is 5.32 Å². The van der Waals surface area contributed by atoms with E-state index in [2.05, 4.69) is 5.32 Å². The molecule has 1 unspecified atom stereocenters. The fourth-order valence-corrected chi connectivity index (χ4v) is 1.26. The fraction of sp³-hybridized carbons (Fsp3) is 0.818. The number of nitrogens with one attached hydrogen (secondary N) is 1. The van der Waals surface area contributed by atoms with Crippen molar-refractivity contribution in [2.75, 3.05) is 20.2 Å². The quantitative estimate of drug-likeness (QED) is 0.659. The molecule has 2 amide bonds. The van der Waals surface area contributed by atoms with Gasteiger partial charge in [-0.1, -0.05) is 20.8 Å². The number of aliphatic hydroxyl groups excluding tert-OH is 1. The van der Waals surface area contributed by atoms with Crippen molar-refractivity contribution in [2.24, 2.45) is 5.41 Å². The van der Waals surface area contributed by atoms with Crippen LogP contribution >= 0.6 is 0 Å². The van der Waals surface area contributed by atoms with Crippen LogP contribution in [0.15, 0.2) is 0 Å². The number of nitrogens with zero attached hydrogens (tertiary/aromatic N) is 1. The van der Waals surface area contributed by atoms with E-state index in [9.17, 15) is 9.59 Å². The smallest absolute Gasteiger partial charge is 0.317 e. The van der Waals surface area contributed by atoms with Crippen molar-refractivity contribution in [3.05, 3.63) is 0 Å². The van der Waals surface area contributed by atoms with Crippen LogP contribution in [0.4, 0.5) is 4.79 Å². The Bertz CT molecular complexity index is 273. The van der Waals surface area contributed by atoms with E-state index >= 15 is 0 Å². The van der Waals surface area contributed by atoms with Gasteiger partial charge in [-0.05, 0) is 5.41 Å². The zero-order valence-electron chi connectivity index (χ0n) is 10.9. The second-order valence-electron chi connectivity index (χ2n) is 5.11. The van der Waals surface area contributed by atoms with E-state index in [1.165, 1.54) is 4.90 Å². The van der Waals surface area contributed by atoms with Gasteiger partial charge in [0, 0.05) is 19.6 Å². The first kappa shape index (κ1) is 15.7. The maximum absolute atomic E-state index is 11.7. The van der Waals surface area contributed by atoms with E-state index < -0.39 is 12.0 Å². The van der Waals surface area contributed by atoms with Crippen LogP contribution in [-0.4, -0.2) is 53.4 Å². The third-order valence-electron chi connectivity index (χ3n) is 2.50. The van der Waals surface area contributed by atoms with Crippen molar-refractivity contribution in [1.29, 1.82) is 0 Å². The molecule has 0 aromatic heterocycles. The first-order valence-electron chi connectivity index (χ1n) is 5.52. The average Bonchev–Trinajstić information content (AvgIpc) is 2.14. The first-order chi connectivity index (χ1) is 7.68. The van der Waals surface area contributed by atoms with E-state index in [1.54, 1.807) is 7.05 Å². The number of urea groups is 1. The molecule has 100 valence electrons. The number of carboxylic acid groups (broad SMARTS) is 1. The molecule has 0 heterocycles. The van der Waals surface area contributed by atoms with Crippen LogP contribution in [0.2, 0.25) is 0 Å². The van der Waals surface area contributed by atoms with E-state index in [0.29, 0.717) is 0 Å². The van der Waals surface area contributed by atoms with Crippen LogP contribution in [0.3, 0.4) is 0 Å². The lowest BCUT2D eigenvalue weighted by Crippen LogP contribution is -2.49.